The lowest BCUT2D eigenvalue weighted by Gasteiger charge is -2.11. The number of carbonyl (C=O) groups is 1. The molecule has 0 aliphatic heterocycles. The summed E-state index contributed by atoms with van der Waals surface area (Å²) in [5, 5.41) is 15.3. The third-order valence-corrected chi connectivity index (χ3v) is 2.56. The highest BCUT2D eigenvalue weighted by molar-refractivity contribution is 5.93. The van der Waals surface area contributed by atoms with Crippen LogP contribution in [0.1, 0.15) is 23.8 Å². The topological polar surface area (TPSA) is 88.5 Å². The fraction of sp³-hybridized carbons (Fsp3) is 0.333. The number of rotatable bonds is 5. The molecule has 2 N–H and O–H groups in total. The second-order valence-corrected chi connectivity index (χ2v) is 3.81. The predicted molar refractivity (Wildman–Crippen MR) is 62.8 cm³/mol. The number of nitrogens with zero attached hydrogens (tertiary/aromatic N) is 1. The first-order chi connectivity index (χ1) is 8.74. The second kappa shape index (κ2) is 5.50. The molecule has 96 valence electrons. The zero-order chi connectivity index (χ0) is 13.0. The Morgan fingerprint density at radius 1 is 1.56 bits per heavy atom. The molecule has 0 bridgehead atoms. The van der Waals surface area contributed by atoms with Gasteiger partial charge in [-0.3, -0.25) is 4.79 Å². The minimum absolute atomic E-state index is 0.106. The van der Waals surface area contributed by atoms with Gasteiger partial charge in [0.1, 0.15) is 0 Å². The van der Waals surface area contributed by atoms with Crippen LogP contribution in [0.3, 0.4) is 0 Å². The van der Waals surface area contributed by atoms with Gasteiger partial charge in [0.2, 0.25) is 5.76 Å². The number of aromatic nitrogens is 1. The van der Waals surface area contributed by atoms with E-state index in [4.69, 9.17) is 14.0 Å². The van der Waals surface area contributed by atoms with Crippen molar-refractivity contribution in [1.29, 1.82) is 0 Å². The smallest absolute Gasteiger partial charge is 0.273 e. The normalized spacial score (nSPS) is 12.3. The van der Waals surface area contributed by atoms with Crippen LogP contribution in [0.25, 0.3) is 11.5 Å². The van der Waals surface area contributed by atoms with E-state index in [1.54, 1.807) is 12.1 Å². The maximum atomic E-state index is 11.8. The lowest BCUT2D eigenvalue weighted by atomic mass is 10.2. The lowest BCUT2D eigenvalue weighted by Crippen LogP contribution is -2.37. The van der Waals surface area contributed by atoms with Crippen LogP contribution in [0.15, 0.2) is 33.4 Å². The molecule has 6 nitrogen and oxygen atoms in total. The number of carbonyl (C=O) groups excluding carboxylic acids is 1. The van der Waals surface area contributed by atoms with Crippen molar-refractivity contribution in [3.05, 3.63) is 30.2 Å². The van der Waals surface area contributed by atoms with Crippen LogP contribution in [0, 0.1) is 0 Å². The molecule has 1 amide bonds. The first-order valence-corrected chi connectivity index (χ1v) is 5.67. The summed E-state index contributed by atoms with van der Waals surface area (Å²) in [6.07, 6.45) is 2.15. The standard InChI is InChI=1S/C12H14N2O4/c1-2-8(7-15)13-12(16)9-6-11(18-14-9)10-4-3-5-17-10/h3-6,8,15H,2,7H2,1H3,(H,13,16)/t8-/m1/s1. The summed E-state index contributed by atoms with van der Waals surface area (Å²) in [5.41, 5.74) is 0.160. The van der Waals surface area contributed by atoms with Crippen molar-refractivity contribution in [2.24, 2.45) is 0 Å². The molecule has 0 aliphatic rings. The molecule has 0 radical (unpaired) electrons. The molecule has 0 saturated heterocycles. The van der Waals surface area contributed by atoms with E-state index in [0.29, 0.717) is 17.9 Å². The van der Waals surface area contributed by atoms with Gasteiger partial charge in [-0.1, -0.05) is 12.1 Å². The van der Waals surface area contributed by atoms with E-state index in [1.807, 2.05) is 6.92 Å². The summed E-state index contributed by atoms with van der Waals surface area (Å²) in [6, 6.07) is 4.65. The van der Waals surface area contributed by atoms with Crippen molar-refractivity contribution in [2.45, 2.75) is 19.4 Å². The highest BCUT2D eigenvalue weighted by Crippen LogP contribution is 2.20. The van der Waals surface area contributed by atoms with Gasteiger partial charge in [-0.2, -0.15) is 0 Å². The third-order valence-electron chi connectivity index (χ3n) is 2.56. The Morgan fingerprint density at radius 3 is 3.00 bits per heavy atom. The molecule has 0 fully saturated rings. The van der Waals surface area contributed by atoms with E-state index < -0.39 is 0 Å². The molecule has 2 heterocycles. The molecular formula is C12H14N2O4. The molecule has 18 heavy (non-hydrogen) atoms. The van der Waals surface area contributed by atoms with Crippen LogP contribution in [0.2, 0.25) is 0 Å². The number of furan rings is 1. The maximum absolute atomic E-state index is 11.8. The Labute approximate surface area is 104 Å². The molecule has 0 aliphatic carbocycles. The lowest BCUT2D eigenvalue weighted by molar-refractivity contribution is 0.0906. The van der Waals surface area contributed by atoms with Crippen molar-refractivity contribution < 1.29 is 18.8 Å². The van der Waals surface area contributed by atoms with E-state index in [9.17, 15) is 4.79 Å². The van der Waals surface area contributed by atoms with Crippen molar-refractivity contribution >= 4 is 5.91 Å². The number of hydrogen-bond donors (Lipinski definition) is 2. The fourth-order valence-electron chi connectivity index (χ4n) is 1.45. The van der Waals surface area contributed by atoms with E-state index in [-0.39, 0.29) is 24.2 Å². The van der Waals surface area contributed by atoms with Crippen LogP contribution in [0.4, 0.5) is 0 Å². The quantitative estimate of drug-likeness (QED) is 0.838. The van der Waals surface area contributed by atoms with Crippen LogP contribution < -0.4 is 5.32 Å². The van der Waals surface area contributed by atoms with E-state index in [1.165, 1.54) is 12.3 Å². The summed E-state index contributed by atoms with van der Waals surface area (Å²) in [4.78, 5) is 11.8. The minimum Gasteiger partial charge on any atom is -0.461 e. The zero-order valence-electron chi connectivity index (χ0n) is 9.92. The Balaban J connectivity index is 2.08. The van der Waals surface area contributed by atoms with Gasteiger partial charge >= 0.3 is 0 Å². The number of nitrogens with one attached hydrogen (secondary N) is 1. The SMILES string of the molecule is CC[C@H](CO)NC(=O)c1cc(-c2ccco2)on1. The first kappa shape index (κ1) is 12.4. The number of aliphatic hydroxyl groups excluding tert-OH is 1. The van der Waals surface area contributed by atoms with Crippen molar-refractivity contribution in [2.75, 3.05) is 6.61 Å². The monoisotopic (exact) mass is 250 g/mol. The number of hydrogen-bond acceptors (Lipinski definition) is 5. The van der Waals surface area contributed by atoms with Crippen LogP contribution in [-0.2, 0) is 0 Å². The average molecular weight is 250 g/mol. The van der Waals surface area contributed by atoms with Gasteiger partial charge in [-0.15, -0.1) is 0 Å². The molecular weight excluding hydrogens is 236 g/mol. The van der Waals surface area contributed by atoms with Gasteiger partial charge < -0.3 is 19.4 Å². The highest BCUT2D eigenvalue weighted by atomic mass is 16.5. The summed E-state index contributed by atoms with van der Waals surface area (Å²) in [5.74, 6) is 0.524. The van der Waals surface area contributed by atoms with Crippen molar-refractivity contribution in [3.8, 4) is 11.5 Å². The number of aliphatic hydroxyl groups is 1. The number of amides is 1. The Hall–Kier alpha value is -2.08. The molecule has 1 atom stereocenters. The van der Waals surface area contributed by atoms with Crippen LogP contribution in [-0.4, -0.2) is 28.8 Å². The predicted octanol–water partition coefficient (Wildman–Crippen LogP) is 1.44. The van der Waals surface area contributed by atoms with Gasteiger partial charge in [0.05, 0.1) is 18.9 Å². The summed E-state index contributed by atoms with van der Waals surface area (Å²) >= 11 is 0. The molecule has 6 heteroatoms. The van der Waals surface area contributed by atoms with Crippen molar-refractivity contribution in [3.63, 3.8) is 0 Å². The zero-order valence-corrected chi connectivity index (χ0v) is 9.92. The van der Waals surface area contributed by atoms with E-state index in [0.717, 1.165) is 0 Å². The van der Waals surface area contributed by atoms with Crippen molar-refractivity contribution in [1.82, 2.24) is 10.5 Å². The van der Waals surface area contributed by atoms with E-state index >= 15 is 0 Å². The van der Waals surface area contributed by atoms with Gasteiger partial charge in [-0.05, 0) is 18.6 Å². The van der Waals surface area contributed by atoms with Crippen LogP contribution >= 0.6 is 0 Å². The molecule has 2 aromatic rings. The summed E-state index contributed by atoms with van der Waals surface area (Å²) < 4.78 is 10.1. The molecule has 0 aromatic carbocycles. The highest BCUT2D eigenvalue weighted by Gasteiger charge is 2.17. The fourth-order valence-corrected chi connectivity index (χ4v) is 1.45. The maximum Gasteiger partial charge on any atom is 0.273 e. The van der Waals surface area contributed by atoms with Crippen LogP contribution in [0.5, 0.6) is 0 Å². The first-order valence-electron chi connectivity index (χ1n) is 5.67. The Kier molecular flexibility index (Phi) is 3.78. The molecule has 0 spiro atoms. The molecule has 2 aromatic heterocycles. The minimum atomic E-state index is -0.377. The summed E-state index contributed by atoms with van der Waals surface area (Å²) in [7, 11) is 0. The van der Waals surface area contributed by atoms with Gasteiger partial charge in [0.15, 0.2) is 11.5 Å². The Bertz CT molecular complexity index is 500. The molecule has 2 rings (SSSR count). The summed E-state index contributed by atoms with van der Waals surface area (Å²) in [6.45, 7) is 1.77. The average Bonchev–Trinajstić information content (AvgIpc) is 3.04. The Morgan fingerprint density at radius 2 is 2.39 bits per heavy atom. The second-order valence-electron chi connectivity index (χ2n) is 3.81. The molecule has 0 unspecified atom stereocenters. The van der Waals surface area contributed by atoms with Gasteiger partial charge in [-0.25, -0.2) is 0 Å². The molecule has 0 saturated carbocycles. The largest absolute Gasteiger partial charge is 0.461 e. The van der Waals surface area contributed by atoms with Gasteiger partial charge in [0, 0.05) is 6.07 Å². The van der Waals surface area contributed by atoms with Gasteiger partial charge in [0.25, 0.3) is 5.91 Å². The van der Waals surface area contributed by atoms with E-state index in [2.05, 4.69) is 10.5 Å². The third kappa shape index (κ3) is 2.60.